The minimum Gasteiger partial charge on any atom is -0.493 e. The lowest BCUT2D eigenvalue weighted by molar-refractivity contribution is -0.118. The van der Waals surface area contributed by atoms with Crippen molar-refractivity contribution in [2.24, 2.45) is 0 Å². The fourth-order valence-corrected chi connectivity index (χ4v) is 3.14. The number of carbonyl (C=O) groups is 2. The van der Waals surface area contributed by atoms with Gasteiger partial charge in [-0.05, 0) is 60.2 Å². The molecule has 0 saturated carbocycles. The highest BCUT2D eigenvalue weighted by Crippen LogP contribution is 2.29. The Hall–Kier alpha value is -3.99. The number of amides is 2. The van der Waals surface area contributed by atoms with E-state index < -0.39 is 11.8 Å². The van der Waals surface area contributed by atoms with Crippen molar-refractivity contribution in [1.82, 2.24) is 0 Å². The average Bonchev–Trinajstić information content (AvgIpc) is 2.84. The van der Waals surface area contributed by atoms with Crippen LogP contribution < -0.4 is 20.1 Å². The second kappa shape index (κ2) is 11.8. The molecule has 0 aliphatic carbocycles. The van der Waals surface area contributed by atoms with Crippen molar-refractivity contribution in [2.75, 3.05) is 24.4 Å². The van der Waals surface area contributed by atoms with Gasteiger partial charge in [-0.3, -0.25) is 9.59 Å². The van der Waals surface area contributed by atoms with Crippen LogP contribution in [0, 0.1) is 11.3 Å². The molecule has 0 aliphatic heterocycles. The first-order chi connectivity index (χ1) is 16.4. The number of nitriles is 1. The maximum absolute atomic E-state index is 12.5. The topological polar surface area (TPSA) is 100 Å². The maximum atomic E-state index is 12.5. The summed E-state index contributed by atoms with van der Waals surface area (Å²) >= 11 is 11.9. The molecule has 0 heterocycles. The van der Waals surface area contributed by atoms with E-state index in [4.69, 9.17) is 32.7 Å². The average molecular weight is 496 g/mol. The van der Waals surface area contributed by atoms with E-state index in [9.17, 15) is 14.9 Å². The Bertz CT molecular complexity index is 1270. The number of nitrogens with zero attached hydrogens (tertiary/aromatic N) is 1. The first-order valence-corrected chi connectivity index (χ1v) is 10.7. The largest absolute Gasteiger partial charge is 0.493 e. The smallest absolute Gasteiger partial charge is 0.266 e. The monoisotopic (exact) mass is 495 g/mol. The summed E-state index contributed by atoms with van der Waals surface area (Å²) in [5, 5.41) is 15.7. The van der Waals surface area contributed by atoms with Crippen molar-refractivity contribution in [3.05, 3.63) is 87.9 Å². The van der Waals surface area contributed by atoms with E-state index in [1.54, 1.807) is 66.7 Å². The number of rotatable bonds is 8. The quantitative estimate of drug-likeness (QED) is 0.314. The summed E-state index contributed by atoms with van der Waals surface area (Å²) in [7, 11) is 1.44. The molecular weight excluding hydrogens is 477 g/mol. The van der Waals surface area contributed by atoms with Crippen LogP contribution in [-0.2, 0) is 9.59 Å². The number of hydrogen-bond donors (Lipinski definition) is 2. The number of anilines is 2. The Morgan fingerprint density at radius 1 is 1.00 bits per heavy atom. The van der Waals surface area contributed by atoms with E-state index in [1.807, 2.05) is 6.07 Å². The SMILES string of the molecule is COc1cc(/C=C(/C#N)C(=O)Nc2ccc(Cl)cc2)ccc1OCC(=O)Nc1ccccc1Cl. The highest BCUT2D eigenvalue weighted by Gasteiger charge is 2.13. The molecule has 3 aromatic rings. The summed E-state index contributed by atoms with van der Waals surface area (Å²) < 4.78 is 10.9. The molecule has 2 N–H and O–H groups in total. The molecule has 0 aliphatic rings. The highest BCUT2D eigenvalue weighted by molar-refractivity contribution is 6.33. The van der Waals surface area contributed by atoms with Crippen LogP contribution in [0.1, 0.15) is 5.56 Å². The van der Waals surface area contributed by atoms with E-state index in [1.165, 1.54) is 13.2 Å². The van der Waals surface area contributed by atoms with Crippen LogP contribution in [0.15, 0.2) is 72.3 Å². The number of ether oxygens (including phenoxy) is 2. The fraction of sp³-hybridized carbons (Fsp3) is 0.0800. The van der Waals surface area contributed by atoms with Crippen LogP contribution >= 0.6 is 23.2 Å². The molecule has 9 heteroatoms. The third-order valence-corrected chi connectivity index (χ3v) is 5.05. The molecule has 172 valence electrons. The minimum atomic E-state index is -0.569. The number of carbonyl (C=O) groups excluding carboxylic acids is 2. The first kappa shape index (κ1) is 24.6. The summed E-state index contributed by atoms with van der Waals surface area (Å²) in [5.74, 6) is -0.321. The lowest BCUT2D eigenvalue weighted by Crippen LogP contribution is -2.20. The number of methoxy groups -OCH3 is 1. The molecule has 3 rings (SSSR count). The third kappa shape index (κ3) is 6.75. The van der Waals surface area contributed by atoms with Gasteiger partial charge in [0, 0.05) is 10.7 Å². The number of hydrogen-bond acceptors (Lipinski definition) is 5. The van der Waals surface area contributed by atoms with Crippen molar-refractivity contribution in [1.29, 1.82) is 5.26 Å². The second-order valence-corrected chi connectivity index (χ2v) is 7.70. The van der Waals surface area contributed by atoms with E-state index in [-0.39, 0.29) is 12.2 Å². The van der Waals surface area contributed by atoms with Crippen molar-refractivity contribution < 1.29 is 19.1 Å². The Morgan fingerprint density at radius 2 is 1.74 bits per heavy atom. The van der Waals surface area contributed by atoms with Crippen LogP contribution in [0.4, 0.5) is 11.4 Å². The number of benzene rings is 3. The lowest BCUT2D eigenvalue weighted by Gasteiger charge is -2.12. The van der Waals surface area contributed by atoms with Crippen LogP contribution in [0.3, 0.4) is 0 Å². The maximum Gasteiger partial charge on any atom is 0.266 e. The van der Waals surface area contributed by atoms with Gasteiger partial charge in [-0.25, -0.2) is 0 Å². The lowest BCUT2D eigenvalue weighted by atomic mass is 10.1. The summed E-state index contributed by atoms with van der Waals surface area (Å²) in [6, 6.07) is 20.1. The van der Waals surface area contributed by atoms with E-state index in [0.29, 0.717) is 38.5 Å². The first-order valence-electron chi connectivity index (χ1n) is 9.93. The molecule has 3 aromatic carbocycles. The molecule has 34 heavy (non-hydrogen) atoms. The molecule has 0 aromatic heterocycles. The van der Waals surface area contributed by atoms with Gasteiger partial charge >= 0.3 is 0 Å². The molecule has 2 amide bonds. The van der Waals surface area contributed by atoms with Crippen LogP contribution in [0.2, 0.25) is 10.0 Å². The van der Waals surface area contributed by atoms with Crippen LogP contribution in [0.5, 0.6) is 11.5 Å². The van der Waals surface area contributed by atoms with Crippen molar-refractivity contribution in [3.63, 3.8) is 0 Å². The van der Waals surface area contributed by atoms with Gasteiger partial charge in [0.15, 0.2) is 18.1 Å². The van der Waals surface area contributed by atoms with Gasteiger partial charge in [0.05, 0.1) is 17.8 Å². The van der Waals surface area contributed by atoms with Gasteiger partial charge in [-0.1, -0.05) is 41.4 Å². The van der Waals surface area contributed by atoms with Gasteiger partial charge in [-0.2, -0.15) is 5.26 Å². The zero-order valence-corrected chi connectivity index (χ0v) is 19.5. The number of nitrogens with one attached hydrogen (secondary N) is 2. The highest BCUT2D eigenvalue weighted by atomic mass is 35.5. The summed E-state index contributed by atoms with van der Waals surface area (Å²) in [6.07, 6.45) is 1.42. The number of halogens is 2. The Morgan fingerprint density at radius 3 is 2.41 bits per heavy atom. The van der Waals surface area contributed by atoms with Gasteiger partial charge in [0.25, 0.3) is 11.8 Å². The third-order valence-electron chi connectivity index (χ3n) is 4.47. The fourth-order valence-electron chi connectivity index (χ4n) is 2.83. The van der Waals surface area contributed by atoms with Gasteiger partial charge in [-0.15, -0.1) is 0 Å². The van der Waals surface area contributed by atoms with Gasteiger partial charge in [0.1, 0.15) is 11.6 Å². The molecule has 0 atom stereocenters. The molecule has 0 saturated heterocycles. The molecule has 0 unspecified atom stereocenters. The van der Waals surface area contributed by atoms with Crippen molar-refractivity contribution in [2.45, 2.75) is 0 Å². The minimum absolute atomic E-state index is 0.107. The predicted octanol–water partition coefficient (Wildman–Crippen LogP) is 5.57. The molecule has 7 nitrogen and oxygen atoms in total. The number of para-hydroxylation sites is 1. The normalized spacial score (nSPS) is 10.7. The summed E-state index contributed by atoms with van der Waals surface area (Å²) in [5.41, 5.74) is 1.41. The van der Waals surface area contributed by atoms with Gasteiger partial charge < -0.3 is 20.1 Å². The Kier molecular flexibility index (Phi) is 8.52. The van der Waals surface area contributed by atoms with E-state index in [0.717, 1.165) is 0 Å². The van der Waals surface area contributed by atoms with E-state index in [2.05, 4.69) is 10.6 Å². The molecule has 0 radical (unpaired) electrons. The van der Waals surface area contributed by atoms with Crippen LogP contribution in [-0.4, -0.2) is 25.5 Å². The molecule has 0 fully saturated rings. The zero-order chi connectivity index (χ0) is 24.5. The summed E-state index contributed by atoms with van der Waals surface area (Å²) in [6.45, 7) is -0.274. The van der Waals surface area contributed by atoms with E-state index >= 15 is 0 Å². The van der Waals surface area contributed by atoms with Crippen molar-refractivity contribution in [3.8, 4) is 17.6 Å². The van der Waals surface area contributed by atoms with Crippen molar-refractivity contribution >= 4 is 52.5 Å². The second-order valence-electron chi connectivity index (χ2n) is 6.86. The van der Waals surface area contributed by atoms with Gasteiger partial charge in [0.2, 0.25) is 0 Å². The Labute approximate surface area is 206 Å². The predicted molar refractivity (Wildman–Crippen MR) is 132 cm³/mol. The zero-order valence-electron chi connectivity index (χ0n) is 18.0. The summed E-state index contributed by atoms with van der Waals surface area (Å²) in [4.78, 5) is 24.7. The Balaban J connectivity index is 1.68. The molecule has 0 spiro atoms. The standard InChI is InChI=1S/C25H19Cl2N3O4/c1-33-23-13-16(12-17(14-28)25(32)29-19-9-7-18(26)8-10-19)6-11-22(23)34-15-24(31)30-21-5-3-2-4-20(21)27/h2-13H,15H2,1H3,(H,29,32)(H,30,31)/b17-12-. The van der Waals surface area contributed by atoms with Crippen LogP contribution in [0.25, 0.3) is 6.08 Å². The molecular formula is C25H19Cl2N3O4. The molecule has 0 bridgehead atoms.